The highest BCUT2D eigenvalue weighted by atomic mass is 19.1. The van der Waals surface area contributed by atoms with E-state index >= 15 is 0 Å². The van der Waals surface area contributed by atoms with Crippen LogP contribution in [0.2, 0.25) is 0 Å². The van der Waals surface area contributed by atoms with E-state index in [1.807, 2.05) is 24.3 Å². The first kappa shape index (κ1) is 14.3. The molecule has 4 heteroatoms. The van der Waals surface area contributed by atoms with Crippen molar-refractivity contribution in [2.24, 2.45) is 0 Å². The first-order valence-corrected chi connectivity index (χ1v) is 6.37. The summed E-state index contributed by atoms with van der Waals surface area (Å²) >= 11 is 0. The van der Waals surface area contributed by atoms with Crippen molar-refractivity contribution in [3.8, 4) is 5.75 Å². The number of ether oxygens (including phenoxy) is 2. The molecule has 0 amide bonds. The number of benzene rings is 2. The maximum absolute atomic E-state index is 13.5. The predicted molar refractivity (Wildman–Crippen MR) is 77.4 cm³/mol. The number of methoxy groups -OCH3 is 2. The van der Waals surface area contributed by atoms with Gasteiger partial charge in [0.15, 0.2) is 11.6 Å². The van der Waals surface area contributed by atoms with Crippen LogP contribution in [0.3, 0.4) is 0 Å². The molecule has 0 atom stereocenters. The summed E-state index contributed by atoms with van der Waals surface area (Å²) in [6.07, 6.45) is 0. The monoisotopic (exact) mass is 275 g/mol. The van der Waals surface area contributed by atoms with E-state index in [0.29, 0.717) is 13.2 Å². The van der Waals surface area contributed by atoms with Crippen LogP contribution in [0.25, 0.3) is 0 Å². The molecule has 0 bridgehead atoms. The van der Waals surface area contributed by atoms with E-state index in [1.165, 1.54) is 13.2 Å². The van der Waals surface area contributed by atoms with E-state index in [2.05, 4.69) is 5.32 Å². The van der Waals surface area contributed by atoms with E-state index in [4.69, 9.17) is 9.47 Å². The summed E-state index contributed by atoms with van der Waals surface area (Å²) in [5.41, 5.74) is 2.98. The number of nitrogens with one attached hydrogen (secondary N) is 1. The number of halogens is 1. The molecule has 2 aromatic carbocycles. The minimum absolute atomic E-state index is 0.250. The van der Waals surface area contributed by atoms with Gasteiger partial charge in [0.05, 0.1) is 13.7 Å². The Morgan fingerprint density at radius 2 is 1.70 bits per heavy atom. The summed E-state index contributed by atoms with van der Waals surface area (Å²) in [5, 5.41) is 3.18. The molecular weight excluding hydrogens is 257 g/mol. The average molecular weight is 275 g/mol. The number of hydrogen-bond acceptors (Lipinski definition) is 3. The molecule has 0 aliphatic rings. The molecule has 0 aromatic heterocycles. The molecule has 3 nitrogen and oxygen atoms in total. The van der Waals surface area contributed by atoms with Gasteiger partial charge in [-0.15, -0.1) is 0 Å². The zero-order valence-electron chi connectivity index (χ0n) is 11.7. The Balaban J connectivity index is 1.96. The van der Waals surface area contributed by atoms with Gasteiger partial charge in [-0.3, -0.25) is 0 Å². The van der Waals surface area contributed by atoms with E-state index in [0.717, 1.165) is 16.8 Å². The van der Waals surface area contributed by atoms with Crippen LogP contribution in [0.4, 0.5) is 10.1 Å². The average Bonchev–Trinajstić information content (AvgIpc) is 2.47. The van der Waals surface area contributed by atoms with Crippen molar-refractivity contribution >= 4 is 5.69 Å². The quantitative estimate of drug-likeness (QED) is 0.874. The summed E-state index contributed by atoms with van der Waals surface area (Å²) < 4.78 is 23.5. The lowest BCUT2D eigenvalue weighted by molar-refractivity contribution is 0.185. The van der Waals surface area contributed by atoms with Gasteiger partial charge >= 0.3 is 0 Å². The van der Waals surface area contributed by atoms with Crippen LogP contribution in [0.1, 0.15) is 11.1 Å². The molecule has 0 heterocycles. The van der Waals surface area contributed by atoms with Gasteiger partial charge in [0.2, 0.25) is 0 Å². The Bertz CT molecular complexity index is 555. The van der Waals surface area contributed by atoms with Crippen LogP contribution < -0.4 is 10.1 Å². The highest BCUT2D eigenvalue weighted by Crippen LogP contribution is 2.21. The summed E-state index contributed by atoms with van der Waals surface area (Å²) in [4.78, 5) is 0. The van der Waals surface area contributed by atoms with Crippen LogP contribution in [0.15, 0.2) is 42.5 Å². The molecule has 0 aliphatic carbocycles. The number of rotatable bonds is 6. The lowest BCUT2D eigenvalue weighted by Gasteiger charge is -2.09. The van der Waals surface area contributed by atoms with Crippen molar-refractivity contribution in [2.75, 3.05) is 19.5 Å². The Morgan fingerprint density at radius 3 is 2.30 bits per heavy atom. The SMILES string of the molecule is COCc1ccc(CNc2ccc(OC)c(F)c2)cc1. The summed E-state index contributed by atoms with van der Waals surface area (Å²) in [7, 11) is 3.13. The van der Waals surface area contributed by atoms with Crippen molar-refractivity contribution in [2.45, 2.75) is 13.2 Å². The van der Waals surface area contributed by atoms with E-state index in [-0.39, 0.29) is 11.6 Å². The van der Waals surface area contributed by atoms with Crippen LogP contribution in [0.5, 0.6) is 5.75 Å². The standard InChI is InChI=1S/C16H18FNO2/c1-19-11-13-5-3-12(4-6-13)10-18-14-7-8-16(20-2)15(17)9-14/h3-9,18H,10-11H2,1-2H3. The zero-order chi connectivity index (χ0) is 14.4. The first-order valence-electron chi connectivity index (χ1n) is 6.37. The lowest BCUT2D eigenvalue weighted by atomic mass is 10.1. The fraction of sp³-hybridized carbons (Fsp3) is 0.250. The van der Waals surface area contributed by atoms with Crippen molar-refractivity contribution in [1.29, 1.82) is 0 Å². The Kier molecular flexibility index (Phi) is 4.96. The molecule has 0 saturated carbocycles. The summed E-state index contributed by atoms with van der Waals surface area (Å²) in [5.74, 6) is -0.118. The van der Waals surface area contributed by atoms with E-state index < -0.39 is 0 Å². The van der Waals surface area contributed by atoms with Crippen molar-refractivity contribution < 1.29 is 13.9 Å². The molecule has 1 N–H and O–H groups in total. The maximum Gasteiger partial charge on any atom is 0.167 e. The lowest BCUT2D eigenvalue weighted by Crippen LogP contribution is -2.00. The third-order valence-corrected chi connectivity index (χ3v) is 2.98. The normalized spacial score (nSPS) is 10.3. The third kappa shape index (κ3) is 3.71. The molecule has 0 unspecified atom stereocenters. The molecule has 0 aliphatic heterocycles. The van der Waals surface area contributed by atoms with Gasteiger partial charge < -0.3 is 14.8 Å². The smallest absolute Gasteiger partial charge is 0.167 e. The van der Waals surface area contributed by atoms with Crippen LogP contribution in [-0.4, -0.2) is 14.2 Å². The largest absolute Gasteiger partial charge is 0.494 e. The molecular formula is C16H18FNO2. The second-order valence-corrected chi connectivity index (χ2v) is 4.45. The second-order valence-electron chi connectivity index (χ2n) is 4.45. The zero-order valence-corrected chi connectivity index (χ0v) is 11.7. The van der Waals surface area contributed by atoms with E-state index in [1.54, 1.807) is 19.2 Å². The van der Waals surface area contributed by atoms with Crippen molar-refractivity contribution in [3.63, 3.8) is 0 Å². The van der Waals surface area contributed by atoms with Crippen LogP contribution in [0, 0.1) is 5.82 Å². The summed E-state index contributed by atoms with van der Waals surface area (Å²) in [6, 6.07) is 12.9. The fourth-order valence-corrected chi connectivity index (χ4v) is 1.90. The minimum atomic E-state index is -0.368. The molecule has 0 radical (unpaired) electrons. The van der Waals surface area contributed by atoms with Gasteiger partial charge in [-0.1, -0.05) is 24.3 Å². The van der Waals surface area contributed by atoms with Crippen LogP contribution in [-0.2, 0) is 17.9 Å². The van der Waals surface area contributed by atoms with Gasteiger partial charge in [-0.05, 0) is 23.3 Å². The molecule has 106 valence electrons. The molecule has 0 spiro atoms. The second kappa shape index (κ2) is 6.91. The van der Waals surface area contributed by atoms with Crippen LogP contribution >= 0.6 is 0 Å². The predicted octanol–water partition coefficient (Wildman–Crippen LogP) is 3.59. The van der Waals surface area contributed by atoms with Gasteiger partial charge in [0.25, 0.3) is 0 Å². The topological polar surface area (TPSA) is 30.5 Å². The fourth-order valence-electron chi connectivity index (χ4n) is 1.90. The minimum Gasteiger partial charge on any atom is -0.494 e. The van der Waals surface area contributed by atoms with Gasteiger partial charge in [-0.2, -0.15) is 0 Å². The van der Waals surface area contributed by atoms with Crippen molar-refractivity contribution in [1.82, 2.24) is 0 Å². The van der Waals surface area contributed by atoms with Gasteiger partial charge in [0.1, 0.15) is 0 Å². The van der Waals surface area contributed by atoms with E-state index in [9.17, 15) is 4.39 Å². The molecule has 20 heavy (non-hydrogen) atoms. The third-order valence-electron chi connectivity index (χ3n) is 2.98. The molecule has 2 rings (SSSR count). The Morgan fingerprint density at radius 1 is 1.00 bits per heavy atom. The Hall–Kier alpha value is -2.07. The first-order chi connectivity index (χ1) is 9.72. The molecule has 0 saturated heterocycles. The van der Waals surface area contributed by atoms with Crippen molar-refractivity contribution in [3.05, 3.63) is 59.4 Å². The number of hydrogen-bond donors (Lipinski definition) is 1. The highest BCUT2D eigenvalue weighted by molar-refractivity contribution is 5.47. The molecule has 2 aromatic rings. The molecule has 0 fully saturated rings. The van der Waals surface area contributed by atoms with Gasteiger partial charge in [-0.25, -0.2) is 4.39 Å². The van der Waals surface area contributed by atoms with Gasteiger partial charge in [0, 0.05) is 25.4 Å². The summed E-state index contributed by atoms with van der Waals surface area (Å²) in [6.45, 7) is 1.25. The highest BCUT2D eigenvalue weighted by Gasteiger charge is 2.03. The number of anilines is 1. The maximum atomic E-state index is 13.5. The Labute approximate surface area is 118 Å².